The Kier molecular flexibility index (Phi) is 4.85. The Hall–Kier alpha value is -1.31. The zero-order valence-electron chi connectivity index (χ0n) is 11.5. The largest absolute Gasteiger partial charge is 0.294 e. The molecule has 0 amide bonds. The van der Waals surface area contributed by atoms with Gasteiger partial charge < -0.3 is 0 Å². The molecule has 0 radical (unpaired) electrons. The standard InChI is InChI=1S/C17H16Cl2O/c1-11-7-12(2)9-13(8-11)3-6-17(20)14-4-5-15(18)16(19)10-14/h4-5,7-10H,3,6H2,1-2H3. The fourth-order valence-electron chi connectivity index (χ4n) is 2.29. The molecular formula is C17H16Cl2O. The highest BCUT2D eigenvalue weighted by atomic mass is 35.5. The van der Waals surface area contributed by atoms with E-state index in [4.69, 9.17) is 23.2 Å². The van der Waals surface area contributed by atoms with Crippen LogP contribution >= 0.6 is 23.2 Å². The van der Waals surface area contributed by atoms with Gasteiger partial charge in [0.25, 0.3) is 0 Å². The minimum absolute atomic E-state index is 0.0859. The number of rotatable bonds is 4. The molecule has 0 fully saturated rings. The normalized spacial score (nSPS) is 10.6. The highest BCUT2D eigenvalue weighted by molar-refractivity contribution is 6.42. The Bertz CT molecular complexity index is 627. The number of carbonyl (C=O) groups excluding carboxylic acids is 1. The summed E-state index contributed by atoms with van der Waals surface area (Å²) in [5, 5.41) is 0.890. The highest BCUT2D eigenvalue weighted by Gasteiger charge is 2.09. The van der Waals surface area contributed by atoms with Gasteiger partial charge in [-0.05, 0) is 44.0 Å². The van der Waals surface area contributed by atoms with Gasteiger partial charge in [0.1, 0.15) is 0 Å². The lowest BCUT2D eigenvalue weighted by Gasteiger charge is -2.06. The van der Waals surface area contributed by atoms with E-state index in [0.29, 0.717) is 22.0 Å². The van der Waals surface area contributed by atoms with Gasteiger partial charge in [0, 0.05) is 12.0 Å². The summed E-state index contributed by atoms with van der Waals surface area (Å²) >= 11 is 11.8. The first kappa shape index (κ1) is 15.1. The van der Waals surface area contributed by atoms with Crippen LogP contribution in [0.2, 0.25) is 10.0 Å². The lowest BCUT2D eigenvalue weighted by atomic mass is 10.00. The van der Waals surface area contributed by atoms with Crippen LogP contribution in [0.15, 0.2) is 36.4 Å². The van der Waals surface area contributed by atoms with E-state index in [2.05, 4.69) is 32.0 Å². The summed E-state index contributed by atoms with van der Waals surface area (Å²) in [7, 11) is 0. The molecule has 0 unspecified atom stereocenters. The van der Waals surface area contributed by atoms with Crippen molar-refractivity contribution in [2.45, 2.75) is 26.7 Å². The van der Waals surface area contributed by atoms with Crippen LogP contribution in [0.5, 0.6) is 0 Å². The number of hydrogen-bond acceptors (Lipinski definition) is 1. The third-order valence-corrected chi connectivity index (χ3v) is 3.90. The molecule has 0 atom stereocenters. The summed E-state index contributed by atoms with van der Waals surface area (Å²) in [6.45, 7) is 4.13. The van der Waals surface area contributed by atoms with Crippen molar-refractivity contribution in [1.29, 1.82) is 0 Å². The molecule has 2 aromatic carbocycles. The maximum Gasteiger partial charge on any atom is 0.163 e. The predicted octanol–water partition coefficient (Wildman–Crippen LogP) is 5.43. The van der Waals surface area contributed by atoms with Crippen LogP contribution in [0.1, 0.15) is 33.5 Å². The van der Waals surface area contributed by atoms with Gasteiger partial charge in [-0.1, -0.05) is 52.5 Å². The first-order valence-corrected chi connectivity index (χ1v) is 7.27. The minimum Gasteiger partial charge on any atom is -0.294 e. The quantitative estimate of drug-likeness (QED) is 0.689. The van der Waals surface area contributed by atoms with Gasteiger partial charge in [0.15, 0.2) is 5.78 Å². The number of hydrogen-bond donors (Lipinski definition) is 0. The summed E-state index contributed by atoms with van der Waals surface area (Å²) in [4.78, 5) is 12.1. The van der Waals surface area contributed by atoms with Crippen molar-refractivity contribution in [2.75, 3.05) is 0 Å². The average molecular weight is 307 g/mol. The van der Waals surface area contributed by atoms with E-state index in [-0.39, 0.29) is 5.78 Å². The molecule has 0 saturated carbocycles. The Morgan fingerprint density at radius 2 is 1.60 bits per heavy atom. The Balaban J connectivity index is 2.06. The molecule has 0 bridgehead atoms. The van der Waals surface area contributed by atoms with Crippen LogP contribution in [0.4, 0.5) is 0 Å². The second kappa shape index (κ2) is 6.43. The van der Waals surface area contributed by atoms with Crippen molar-refractivity contribution < 1.29 is 4.79 Å². The molecule has 2 rings (SSSR count). The molecule has 0 spiro atoms. The molecule has 0 aliphatic carbocycles. The van der Waals surface area contributed by atoms with Crippen LogP contribution in [-0.2, 0) is 6.42 Å². The van der Waals surface area contributed by atoms with Crippen molar-refractivity contribution in [2.24, 2.45) is 0 Å². The summed E-state index contributed by atoms with van der Waals surface area (Å²) in [6, 6.07) is 11.4. The van der Waals surface area contributed by atoms with Crippen LogP contribution in [-0.4, -0.2) is 5.78 Å². The molecule has 20 heavy (non-hydrogen) atoms. The monoisotopic (exact) mass is 306 g/mol. The molecule has 104 valence electrons. The molecule has 1 nitrogen and oxygen atoms in total. The van der Waals surface area contributed by atoms with Crippen molar-refractivity contribution >= 4 is 29.0 Å². The number of halogens is 2. The molecule has 0 aromatic heterocycles. The fourth-order valence-corrected chi connectivity index (χ4v) is 2.58. The van der Waals surface area contributed by atoms with E-state index in [1.165, 1.54) is 16.7 Å². The molecular weight excluding hydrogens is 291 g/mol. The molecule has 2 aromatic rings. The number of ketones is 1. The van der Waals surface area contributed by atoms with Gasteiger partial charge in [-0.3, -0.25) is 4.79 Å². The zero-order chi connectivity index (χ0) is 14.7. The Morgan fingerprint density at radius 1 is 0.950 bits per heavy atom. The van der Waals surface area contributed by atoms with Crippen molar-refractivity contribution in [1.82, 2.24) is 0 Å². The number of benzene rings is 2. The maximum atomic E-state index is 12.1. The van der Waals surface area contributed by atoms with E-state index < -0.39 is 0 Å². The second-order valence-corrected chi connectivity index (χ2v) is 5.86. The fraction of sp³-hybridized carbons (Fsp3) is 0.235. The average Bonchev–Trinajstić information content (AvgIpc) is 2.38. The lowest BCUT2D eigenvalue weighted by Crippen LogP contribution is -2.01. The van der Waals surface area contributed by atoms with E-state index in [9.17, 15) is 4.79 Å². The topological polar surface area (TPSA) is 17.1 Å². The van der Waals surface area contributed by atoms with E-state index in [1.807, 2.05) is 0 Å². The van der Waals surface area contributed by atoms with E-state index >= 15 is 0 Å². The maximum absolute atomic E-state index is 12.1. The first-order chi connectivity index (χ1) is 9.45. The van der Waals surface area contributed by atoms with Gasteiger partial charge in [-0.15, -0.1) is 0 Å². The molecule has 3 heteroatoms. The van der Waals surface area contributed by atoms with E-state index in [0.717, 1.165) is 6.42 Å². The van der Waals surface area contributed by atoms with Gasteiger partial charge in [0.2, 0.25) is 0 Å². The number of Topliss-reactive ketones (excluding diaryl/α,β-unsaturated/α-hetero) is 1. The Labute approximate surface area is 129 Å². The van der Waals surface area contributed by atoms with Crippen LogP contribution in [0.25, 0.3) is 0 Å². The van der Waals surface area contributed by atoms with Crippen LogP contribution in [0.3, 0.4) is 0 Å². The van der Waals surface area contributed by atoms with Gasteiger partial charge in [-0.25, -0.2) is 0 Å². The van der Waals surface area contributed by atoms with Gasteiger partial charge >= 0.3 is 0 Å². The van der Waals surface area contributed by atoms with Crippen molar-refractivity contribution in [3.05, 3.63) is 68.7 Å². The predicted molar refractivity (Wildman–Crippen MR) is 85.0 cm³/mol. The molecule has 0 saturated heterocycles. The first-order valence-electron chi connectivity index (χ1n) is 6.51. The third-order valence-electron chi connectivity index (χ3n) is 3.16. The zero-order valence-corrected chi connectivity index (χ0v) is 13.1. The smallest absolute Gasteiger partial charge is 0.163 e. The lowest BCUT2D eigenvalue weighted by molar-refractivity contribution is 0.0983. The van der Waals surface area contributed by atoms with Crippen molar-refractivity contribution in [3.63, 3.8) is 0 Å². The Morgan fingerprint density at radius 3 is 2.20 bits per heavy atom. The third kappa shape index (κ3) is 3.84. The summed E-state index contributed by atoms with van der Waals surface area (Å²) in [5.74, 6) is 0.0859. The molecule has 0 N–H and O–H groups in total. The van der Waals surface area contributed by atoms with Crippen LogP contribution in [0, 0.1) is 13.8 Å². The van der Waals surface area contributed by atoms with Crippen LogP contribution < -0.4 is 0 Å². The second-order valence-electron chi connectivity index (χ2n) is 5.05. The summed E-state index contributed by atoms with van der Waals surface area (Å²) in [5.41, 5.74) is 4.25. The molecule has 0 heterocycles. The van der Waals surface area contributed by atoms with Gasteiger partial charge in [-0.2, -0.15) is 0 Å². The summed E-state index contributed by atoms with van der Waals surface area (Å²) in [6.07, 6.45) is 1.21. The SMILES string of the molecule is Cc1cc(C)cc(CCC(=O)c2ccc(Cl)c(Cl)c2)c1. The number of carbonyl (C=O) groups is 1. The number of aryl methyl sites for hydroxylation is 3. The summed E-state index contributed by atoms with van der Waals surface area (Å²) < 4.78 is 0. The van der Waals surface area contributed by atoms with E-state index in [1.54, 1.807) is 18.2 Å². The van der Waals surface area contributed by atoms with Gasteiger partial charge in [0.05, 0.1) is 10.0 Å². The minimum atomic E-state index is 0.0859. The molecule has 0 aliphatic heterocycles. The van der Waals surface area contributed by atoms with Crippen molar-refractivity contribution in [3.8, 4) is 0 Å². The highest BCUT2D eigenvalue weighted by Crippen LogP contribution is 2.23. The molecule has 0 aliphatic rings.